The first-order chi connectivity index (χ1) is 20.4. The maximum atomic E-state index is 13.5. The van der Waals surface area contributed by atoms with Crippen molar-refractivity contribution in [3.63, 3.8) is 0 Å². The molecule has 216 valence electrons. The minimum absolute atomic E-state index is 0.0329. The van der Waals surface area contributed by atoms with Gasteiger partial charge in [0.2, 0.25) is 11.8 Å². The molecule has 0 bridgehead atoms. The Bertz CT molecular complexity index is 1580. The summed E-state index contributed by atoms with van der Waals surface area (Å²) in [7, 11) is 3.04. The number of benzene rings is 3. The average molecular weight is 590 g/mol. The molecule has 0 fully saturated rings. The van der Waals surface area contributed by atoms with Crippen molar-refractivity contribution in [2.45, 2.75) is 25.4 Å². The van der Waals surface area contributed by atoms with Crippen LogP contribution in [0.1, 0.15) is 24.0 Å². The number of ether oxygens (including phenoxy) is 2. The van der Waals surface area contributed by atoms with E-state index in [1.165, 1.54) is 31.3 Å². The second-order valence-electron chi connectivity index (χ2n) is 9.40. The molecule has 0 radical (unpaired) electrons. The summed E-state index contributed by atoms with van der Waals surface area (Å²) in [5, 5.41) is 5.93. The zero-order chi connectivity index (χ0) is 29.6. The fraction of sp³-hybridized carbons (Fsp3) is 0.233. The van der Waals surface area contributed by atoms with Gasteiger partial charge >= 0.3 is 0 Å². The fourth-order valence-electron chi connectivity index (χ4n) is 4.47. The fourth-order valence-corrected chi connectivity index (χ4v) is 5.27. The first kappa shape index (κ1) is 28.8. The number of hydrogen-bond acceptors (Lipinski definition) is 8. The van der Waals surface area contributed by atoms with E-state index < -0.39 is 6.04 Å². The molecule has 0 aromatic heterocycles. The van der Waals surface area contributed by atoms with Crippen LogP contribution in [0.2, 0.25) is 0 Å². The summed E-state index contributed by atoms with van der Waals surface area (Å²) in [4.78, 5) is 49.6. The van der Waals surface area contributed by atoms with Crippen molar-refractivity contribution in [3.8, 4) is 11.5 Å². The SMILES string of the molecule is COc1ccc(OC)c(NC(=O)CSC2=Nc3ccccc3C3=N[C@H](CCC(=O)NCc4ccc(F)cc4)C(=O)N23)c1. The first-order valence-corrected chi connectivity index (χ1v) is 14.1. The molecule has 2 N–H and O–H groups in total. The lowest BCUT2D eigenvalue weighted by Gasteiger charge is -2.25. The van der Waals surface area contributed by atoms with E-state index in [9.17, 15) is 18.8 Å². The van der Waals surface area contributed by atoms with Gasteiger partial charge in [0.15, 0.2) is 5.17 Å². The summed E-state index contributed by atoms with van der Waals surface area (Å²) in [5.74, 6) is 0.220. The van der Waals surface area contributed by atoms with E-state index in [2.05, 4.69) is 20.6 Å². The first-order valence-electron chi connectivity index (χ1n) is 13.1. The molecule has 12 heteroatoms. The predicted octanol–water partition coefficient (Wildman–Crippen LogP) is 4.27. The van der Waals surface area contributed by atoms with E-state index in [1.807, 2.05) is 24.3 Å². The van der Waals surface area contributed by atoms with Gasteiger partial charge in [0.1, 0.15) is 29.2 Å². The second kappa shape index (κ2) is 12.9. The van der Waals surface area contributed by atoms with Crippen LogP contribution in [0.3, 0.4) is 0 Å². The number of thioether (sulfide) groups is 1. The number of amidine groups is 2. The van der Waals surface area contributed by atoms with Crippen LogP contribution in [-0.2, 0) is 20.9 Å². The number of halogens is 1. The molecule has 0 saturated carbocycles. The molecular formula is C30H28FN5O5S. The summed E-state index contributed by atoms with van der Waals surface area (Å²) < 4.78 is 23.7. The van der Waals surface area contributed by atoms with Gasteiger partial charge in [-0.15, -0.1) is 0 Å². The Balaban J connectivity index is 1.24. The molecule has 0 aliphatic carbocycles. The van der Waals surface area contributed by atoms with Gasteiger partial charge in [0, 0.05) is 24.6 Å². The highest BCUT2D eigenvalue weighted by molar-refractivity contribution is 8.14. The average Bonchev–Trinajstić information content (AvgIpc) is 3.34. The van der Waals surface area contributed by atoms with Crippen molar-refractivity contribution in [1.82, 2.24) is 10.2 Å². The highest BCUT2D eigenvalue weighted by atomic mass is 32.2. The van der Waals surface area contributed by atoms with Gasteiger partial charge in [-0.1, -0.05) is 36.0 Å². The zero-order valence-corrected chi connectivity index (χ0v) is 23.7. The molecule has 2 aliphatic heterocycles. The second-order valence-corrected chi connectivity index (χ2v) is 10.3. The zero-order valence-electron chi connectivity index (χ0n) is 22.9. The number of nitrogens with zero attached hydrogens (tertiary/aromatic N) is 3. The number of rotatable bonds is 10. The minimum Gasteiger partial charge on any atom is -0.497 e. The van der Waals surface area contributed by atoms with E-state index >= 15 is 0 Å². The van der Waals surface area contributed by atoms with Gasteiger partial charge in [-0.25, -0.2) is 14.3 Å². The summed E-state index contributed by atoms with van der Waals surface area (Å²) in [6, 6.07) is 17.5. The van der Waals surface area contributed by atoms with Gasteiger partial charge in [0.05, 0.1) is 31.3 Å². The molecule has 42 heavy (non-hydrogen) atoms. The maximum absolute atomic E-state index is 13.5. The molecule has 3 aromatic carbocycles. The Morgan fingerprint density at radius 3 is 2.57 bits per heavy atom. The molecular weight excluding hydrogens is 561 g/mol. The Kier molecular flexibility index (Phi) is 8.82. The number of carbonyl (C=O) groups is 3. The number of methoxy groups -OCH3 is 2. The standard InChI is InChI=1S/C30H28FN5O5S/c1-40-20-11-13-25(41-2)24(15-20)33-27(38)17-42-30-35-22-6-4-3-5-21(22)28-34-23(29(39)36(28)30)12-14-26(37)32-16-18-7-9-19(31)10-8-18/h3-11,13,15,23H,12,14,16-17H2,1-2H3,(H,32,37)(H,33,38)/t23-/m1/s1. The van der Waals surface area contributed by atoms with Crippen molar-refractivity contribution in [2.75, 3.05) is 25.3 Å². The van der Waals surface area contributed by atoms with E-state index in [1.54, 1.807) is 30.3 Å². The van der Waals surface area contributed by atoms with Crippen LogP contribution in [0.4, 0.5) is 15.8 Å². The number of para-hydroxylation sites is 1. The van der Waals surface area contributed by atoms with Crippen LogP contribution < -0.4 is 20.1 Å². The lowest BCUT2D eigenvalue weighted by Crippen LogP contribution is -2.41. The van der Waals surface area contributed by atoms with Gasteiger partial charge in [-0.05, 0) is 48.4 Å². The predicted molar refractivity (Wildman–Crippen MR) is 159 cm³/mol. The van der Waals surface area contributed by atoms with Crippen molar-refractivity contribution in [1.29, 1.82) is 0 Å². The van der Waals surface area contributed by atoms with E-state index in [-0.39, 0.29) is 48.7 Å². The summed E-state index contributed by atoms with van der Waals surface area (Å²) in [5.41, 5.74) is 2.55. The van der Waals surface area contributed by atoms with Gasteiger partial charge in [-0.3, -0.25) is 19.4 Å². The summed E-state index contributed by atoms with van der Waals surface area (Å²) in [6.07, 6.45) is 0.276. The highest BCUT2D eigenvalue weighted by Crippen LogP contribution is 2.35. The number of amides is 3. The molecule has 0 unspecified atom stereocenters. The van der Waals surface area contributed by atoms with Crippen LogP contribution in [0, 0.1) is 5.82 Å². The lowest BCUT2D eigenvalue weighted by molar-refractivity contribution is -0.125. The molecule has 3 aromatic rings. The number of carbonyl (C=O) groups excluding carboxylic acids is 3. The number of aliphatic imine (C=N–C) groups is 2. The highest BCUT2D eigenvalue weighted by Gasteiger charge is 2.41. The maximum Gasteiger partial charge on any atom is 0.259 e. The third-order valence-corrected chi connectivity index (χ3v) is 7.55. The number of hydrogen-bond donors (Lipinski definition) is 2. The van der Waals surface area contributed by atoms with E-state index in [4.69, 9.17) is 9.47 Å². The van der Waals surface area contributed by atoms with Gasteiger partial charge in [0.25, 0.3) is 5.91 Å². The minimum atomic E-state index is -0.775. The lowest BCUT2D eigenvalue weighted by atomic mass is 10.1. The Labute approximate surface area is 246 Å². The molecule has 2 aliphatic rings. The number of fused-ring (bicyclic) bond motifs is 3. The quantitative estimate of drug-likeness (QED) is 0.364. The Hall–Kier alpha value is -4.71. The largest absolute Gasteiger partial charge is 0.497 e. The summed E-state index contributed by atoms with van der Waals surface area (Å²) in [6.45, 7) is 0.253. The summed E-state index contributed by atoms with van der Waals surface area (Å²) >= 11 is 1.11. The van der Waals surface area contributed by atoms with Crippen LogP contribution in [0.15, 0.2) is 76.7 Å². The third-order valence-electron chi connectivity index (χ3n) is 6.61. The smallest absolute Gasteiger partial charge is 0.259 e. The van der Waals surface area contributed by atoms with Crippen LogP contribution in [-0.4, -0.2) is 59.6 Å². The van der Waals surface area contributed by atoms with Gasteiger partial charge < -0.3 is 20.1 Å². The van der Waals surface area contributed by atoms with Crippen molar-refractivity contribution < 1.29 is 28.2 Å². The Morgan fingerprint density at radius 1 is 1.02 bits per heavy atom. The monoisotopic (exact) mass is 589 g/mol. The van der Waals surface area contributed by atoms with Crippen LogP contribution >= 0.6 is 11.8 Å². The van der Waals surface area contributed by atoms with Gasteiger partial charge in [-0.2, -0.15) is 0 Å². The van der Waals surface area contributed by atoms with Crippen molar-refractivity contribution in [3.05, 3.63) is 83.7 Å². The molecule has 5 rings (SSSR count). The third kappa shape index (κ3) is 6.44. The van der Waals surface area contributed by atoms with E-state index in [0.717, 1.165) is 17.3 Å². The number of nitrogens with one attached hydrogen (secondary N) is 2. The molecule has 10 nitrogen and oxygen atoms in total. The number of anilines is 1. The van der Waals surface area contributed by atoms with Crippen LogP contribution in [0.5, 0.6) is 11.5 Å². The normalized spacial score (nSPS) is 15.3. The van der Waals surface area contributed by atoms with Crippen LogP contribution in [0.25, 0.3) is 0 Å². The topological polar surface area (TPSA) is 122 Å². The molecule has 0 spiro atoms. The van der Waals surface area contributed by atoms with Crippen molar-refractivity contribution >= 4 is 51.9 Å². The molecule has 0 saturated heterocycles. The van der Waals surface area contributed by atoms with E-state index in [0.29, 0.717) is 39.4 Å². The molecule has 3 amide bonds. The van der Waals surface area contributed by atoms with Crippen molar-refractivity contribution in [2.24, 2.45) is 9.98 Å². The molecule has 1 atom stereocenters. The Morgan fingerprint density at radius 2 is 1.81 bits per heavy atom. The molecule has 2 heterocycles.